The van der Waals surface area contributed by atoms with Crippen molar-refractivity contribution in [2.75, 3.05) is 58.8 Å². The largest absolute Gasteiger partial charge is 0.370 e. The number of rotatable bonds is 6. The molecule has 0 saturated carbocycles. The van der Waals surface area contributed by atoms with Gasteiger partial charge in [-0.15, -0.1) is 0 Å². The van der Waals surface area contributed by atoms with Gasteiger partial charge in [0.15, 0.2) is 5.11 Å². The van der Waals surface area contributed by atoms with Crippen LogP contribution in [-0.2, 0) is 4.74 Å². The average Bonchev–Trinajstić information content (AvgIpc) is 2.59. The molecule has 24 heavy (non-hydrogen) atoms. The summed E-state index contributed by atoms with van der Waals surface area (Å²) in [5.41, 5.74) is 1.54. The van der Waals surface area contributed by atoms with Gasteiger partial charge in [-0.1, -0.05) is 0 Å². The molecule has 6 nitrogen and oxygen atoms in total. The van der Waals surface area contributed by atoms with Gasteiger partial charge in [0.1, 0.15) is 13.1 Å². The second-order valence-electron chi connectivity index (χ2n) is 6.12. The molecule has 1 aromatic rings. The van der Waals surface area contributed by atoms with Gasteiger partial charge in [0, 0.05) is 38.3 Å². The summed E-state index contributed by atoms with van der Waals surface area (Å²) >= 11 is 5.31. The SMILES string of the molecule is CN(C)C(=O)c1ccc(NC(=S)NCCC[NH+]2CCOCC2)cc1. The van der Waals surface area contributed by atoms with E-state index in [1.807, 2.05) is 12.1 Å². The van der Waals surface area contributed by atoms with E-state index in [-0.39, 0.29) is 5.91 Å². The Bertz CT molecular complexity index is 542. The van der Waals surface area contributed by atoms with E-state index in [1.165, 1.54) is 0 Å². The number of carbonyl (C=O) groups excluding carboxylic acids is 1. The molecule has 0 bridgehead atoms. The normalized spacial score (nSPS) is 14.9. The molecule has 0 aromatic heterocycles. The molecule has 1 heterocycles. The van der Waals surface area contributed by atoms with Gasteiger partial charge in [-0.05, 0) is 36.5 Å². The summed E-state index contributed by atoms with van der Waals surface area (Å²) in [6.07, 6.45) is 1.08. The van der Waals surface area contributed by atoms with Gasteiger partial charge < -0.3 is 25.2 Å². The number of carbonyl (C=O) groups is 1. The fourth-order valence-corrected chi connectivity index (χ4v) is 2.80. The van der Waals surface area contributed by atoms with Gasteiger partial charge >= 0.3 is 0 Å². The molecule has 1 fully saturated rings. The molecule has 0 spiro atoms. The molecule has 1 aliphatic heterocycles. The number of morpholine rings is 1. The van der Waals surface area contributed by atoms with Crippen LogP contribution in [0, 0.1) is 0 Å². The Hall–Kier alpha value is -1.70. The second kappa shape index (κ2) is 9.56. The molecule has 0 atom stereocenters. The highest BCUT2D eigenvalue weighted by atomic mass is 32.1. The number of ether oxygens (including phenoxy) is 1. The molecule has 132 valence electrons. The standard InChI is InChI=1S/C17H26N4O2S/c1-20(2)16(22)14-4-6-15(7-5-14)19-17(24)18-8-3-9-21-10-12-23-13-11-21/h4-7H,3,8-13H2,1-2H3,(H2,18,19,24)/p+1. The smallest absolute Gasteiger partial charge is 0.253 e. The van der Waals surface area contributed by atoms with Crippen LogP contribution in [0.5, 0.6) is 0 Å². The second-order valence-corrected chi connectivity index (χ2v) is 6.53. The van der Waals surface area contributed by atoms with E-state index < -0.39 is 0 Å². The predicted octanol–water partition coefficient (Wildman–Crippen LogP) is -0.0200. The van der Waals surface area contributed by atoms with Crippen LogP contribution in [0.15, 0.2) is 24.3 Å². The van der Waals surface area contributed by atoms with E-state index in [9.17, 15) is 4.79 Å². The number of thiocarbonyl (C=S) groups is 1. The molecule has 1 saturated heterocycles. The van der Waals surface area contributed by atoms with Crippen LogP contribution < -0.4 is 15.5 Å². The van der Waals surface area contributed by atoms with Crippen LogP contribution in [0.4, 0.5) is 5.69 Å². The first kappa shape index (κ1) is 18.6. The number of amides is 1. The Balaban J connectivity index is 1.67. The quantitative estimate of drug-likeness (QED) is 0.497. The van der Waals surface area contributed by atoms with Crippen LogP contribution in [0.25, 0.3) is 0 Å². The minimum absolute atomic E-state index is 0.00661. The summed E-state index contributed by atoms with van der Waals surface area (Å²) < 4.78 is 5.36. The van der Waals surface area contributed by atoms with Crippen molar-refractivity contribution < 1.29 is 14.4 Å². The first-order chi connectivity index (χ1) is 11.6. The molecule has 1 aliphatic rings. The number of quaternary nitrogens is 1. The topological polar surface area (TPSA) is 58.0 Å². The maximum absolute atomic E-state index is 11.8. The van der Waals surface area contributed by atoms with Gasteiger partial charge in [0.05, 0.1) is 19.8 Å². The third kappa shape index (κ3) is 6.07. The lowest BCUT2D eigenvalue weighted by Crippen LogP contribution is -3.14. The van der Waals surface area contributed by atoms with Crippen molar-refractivity contribution in [3.63, 3.8) is 0 Å². The van der Waals surface area contributed by atoms with Crippen molar-refractivity contribution in [1.29, 1.82) is 0 Å². The van der Waals surface area contributed by atoms with Crippen LogP contribution in [0.1, 0.15) is 16.8 Å². The Morgan fingerprint density at radius 1 is 1.25 bits per heavy atom. The molecule has 0 radical (unpaired) electrons. The highest BCUT2D eigenvalue weighted by molar-refractivity contribution is 7.80. The van der Waals surface area contributed by atoms with Crippen LogP contribution in [0.3, 0.4) is 0 Å². The van der Waals surface area contributed by atoms with E-state index in [4.69, 9.17) is 17.0 Å². The van der Waals surface area contributed by atoms with Crippen molar-refractivity contribution >= 4 is 28.9 Å². The lowest BCUT2D eigenvalue weighted by atomic mass is 10.2. The highest BCUT2D eigenvalue weighted by Gasteiger charge is 2.12. The van der Waals surface area contributed by atoms with Crippen LogP contribution in [-0.4, -0.2) is 69.4 Å². The summed E-state index contributed by atoms with van der Waals surface area (Å²) in [6.45, 7) is 5.93. The lowest BCUT2D eigenvalue weighted by molar-refractivity contribution is -0.908. The molecule has 1 amide bonds. The summed E-state index contributed by atoms with van der Waals surface area (Å²) in [6, 6.07) is 7.33. The minimum atomic E-state index is -0.00661. The predicted molar refractivity (Wildman–Crippen MR) is 99.7 cm³/mol. The number of nitrogens with one attached hydrogen (secondary N) is 3. The van der Waals surface area contributed by atoms with Crippen molar-refractivity contribution in [2.24, 2.45) is 0 Å². The zero-order valence-electron chi connectivity index (χ0n) is 14.4. The average molecular weight is 351 g/mol. The van der Waals surface area contributed by atoms with E-state index in [0.717, 1.165) is 51.5 Å². The molecule has 2 rings (SSSR count). The summed E-state index contributed by atoms with van der Waals surface area (Å²) in [4.78, 5) is 15.0. The van der Waals surface area contributed by atoms with Crippen molar-refractivity contribution in [3.05, 3.63) is 29.8 Å². The number of nitrogens with zero attached hydrogens (tertiary/aromatic N) is 1. The van der Waals surface area contributed by atoms with Crippen molar-refractivity contribution in [2.45, 2.75) is 6.42 Å². The van der Waals surface area contributed by atoms with E-state index in [2.05, 4.69) is 10.6 Å². The number of anilines is 1. The molecular formula is C17H27N4O2S+. The first-order valence-electron chi connectivity index (χ1n) is 8.34. The molecule has 0 aliphatic carbocycles. The first-order valence-corrected chi connectivity index (χ1v) is 8.75. The third-order valence-electron chi connectivity index (χ3n) is 3.99. The van der Waals surface area contributed by atoms with Gasteiger partial charge in [-0.2, -0.15) is 0 Å². The van der Waals surface area contributed by atoms with Gasteiger partial charge in [0.25, 0.3) is 5.91 Å². The Kier molecular flexibility index (Phi) is 7.42. The van der Waals surface area contributed by atoms with Gasteiger partial charge in [-0.3, -0.25) is 4.79 Å². The van der Waals surface area contributed by atoms with Gasteiger partial charge in [0.2, 0.25) is 0 Å². The number of benzene rings is 1. The summed E-state index contributed by atoms with van der Waals surface area (Å²) in [5, 5.41) is 6.98. The van der Waals surface area contributed by atoms with E-state index >= 15 is 0 Å². The number of hydrogen-bond acceptors (Lipinski definition) is 3. The number of hydrogen-bond donors (Lipinski definition) is 3. The van der Waals surface area contributed by atoms with Crippen LogP contribution in [0.2, 0.25) is 0 Å². The zero-order valence-corrected chi connectivity index (χ0v) is 15.2. The fourth-order valence-electron chi connectivity index (χ4n) is 2.58. The maximum Gasteiger partial charge on any atom is 0.253 e. The van der Waals surface area contributed by atoms with E-state index in [0.29, 0.717) is 10.7 Å². The lowest BCUT2D eigenvalue weighted by Gasteiger charge is -2.23. The summed E-state index contributed by atoms with van der Waals surface area (Å²) in [7, 11) is 3.48. The molecular weight excluding hydrogens is 324 g/mol. The Morgan fingerprint density at radius 3 is 2.54 bits per heavy atom. The molecule has 7 heteroatoms. The third-order valence-corrected chi connectivity index (χ3v) is 4.23. The highest BCUT2D eigenvalue weighted by Crippen LogP contribution is 2.10. The fraction of sp³-hybridized carbons (Fsp3) is 0.529. The molecule has 1 aromatic carbocycles. The van der Waals surface area contributed by atoms with Crippen LogP contribution >= 0.6 is 12.2 Å². The molecule has 0 unspecified atom stereocenters. The molecule has 3 N–H and O–H groups in total. The Morgan fingerprint density at radius 2 is 1.92 bits per heavy atom. The summed E-state index contributed by atoms with van der Waals surface area (Å²) in [5.74, 6) is -0.00661. The monoisotopic (exact) mass is 351 g/mol. The maximum atomic E-state index is 11.8. The van der Waals surface area contributed by atoms with Gasteiger partial charge in [-0.25, -0.2) is 0 Å². The van der Waals surface area contributed by atoms with E-state index in [1.54, 1.807) is 36.0 Å². The van der Waals surface area contributed by atoms with Crippen molar-refractivity contribution in [1.82, 2.24) is 10.2 Å². The Labute approximate surface area is 149 Å². The zero-order chi connectivity index (χ0) is 17.4. The minimum Gasteiger partial charge on any atom is -0.370 e. The van der Waals surface area contributed by atoms with Crippen molar-refractivity contribution in [3.8, 4) is 0 Å².